The van der Waals surface area contributed by atoms with Crippen LogP contribution in [0.25, 0.3) is 5.57 Å². The summed E-state index contributed by atoms with van der Waals surface area (Å²) in [6, 6.07) is 26.8. The number of halogens is 1. The van der Waals surface area contributed by atoms with Crippen molar-refractivity contribution in [2.24, 2.45) is 0 Å². The molecule has 0 aliphatic heterocycles. The molecule has 0 saturated heterocycles. The second-order valence-electron chi connectivity index (χ2n) is 7.85. The van der Waals surface area contributed by atoms with E-state index in [1.807, 2.05) is 31.2 Å². The third kappa shape index (κ3) is 5.10. The van der Waals surface area contributed by atoms with Crippen LogP contribution in [0.4, 0.5) is 10.1 Å². The number of hydrogen-bond acceptors (Lipinski definition) is 1. The second-order valence-corrected chi connectivity index (χ2v) is 7.85. The lowest BCUT2D eigenvalue weighted by atomic mass is 9.94. The molecule has 0 amide bonds. The number of hydrogen-bond donors (Lipinski definition) is 0. The Hall–Kier alpha value is -2.87. The maximum Gasteiger partial charge on any atom is 0.130 e. The summed E-state index contributed by atoms with van der Waals surface area (Å²) in [5.41, 5.74) is 4.63. The van der Waals surface area contributed by atoms with Gasteiger partial charge in [-0.2, -0.15) is 0 Å². The molecule has 0 unspecified atom stereocenters. The van der Waals surface area contributed by atoms with Gasteiger partial charge in [0.2, 0.25) is 0 Å². The van der Waals surface area contributed by atoms with E-state index >= 15 is 0 Å². The number of nitrogens with zero attached hydrogens (tertiary/aromatic N) is 1. The van der Waals surface area contributed by atoms with Gasteiger partial charge >= 0.3 is 0 Å². The molecule has 3 aromatic rings. The Morgan fingerprint density at radius 3 is 1.79 bits per heavy atom. The van der Waals surface area contributed by atoms with Crippen LogP contribution in [0.15, 0.2) is 85.4 Å². The van der Waals surface area contributed by atoms with Gasteiger partial charge in [0.15, 0.2) is 0 Å². The summed E-state index contributed by atoms with van der Waals surface area (Å²) in [6.07, 6.45) is 0. The highest BCUT2D eigenvalue weighted by Gasteiger charge is 2.21. The Kier molecular flexibility index (Phi) is 5.99. The maximum atomic E-state index is 14.8. The van der Waals surface area contributed by atoms with Gasteiger partial charge in [-0.05, 0) is 61.2 Å². The second kappa shape index (κ2) is 8.43. The van der Waals surface area contributed by atoms with Crippen molar-refractivity contribution in [1.82, 2.24) is 0 Å². The monoisotopic (exact) mass is 373 g/mol. The molecule has 0 spiro atoms. The highest BCUT2D eigenvalue weighted by Crippen LogP contribution is 2.33. The summed E-state index contributed by atoms with van der Waals surface area (Å²) < 4.78 is 14.8. The van der Waals surface area contributed by atoms with Crippen molar-refractivity contribution in [2.45, 2.75) is 39.5 Å². The number of anilines is 1. The van der Waals surface area contributed by atoms with Crippen molar-refractivity contribution in [3.8, 4) is 0 Å². The molecule has 0 radical (unpaired) electrons. The third-order valence-corrected chi connectivity index (χ3v) is 4.89. The highest BCUT2D eigenvalue weighted by atomic mass is 19.1. The van der Waals surface area contributed by atoms with Gasteiger partial charge in [-0.1, -0.05) is 72.8 Å². The predicted molar refractivity (Wildman–Crippen MR) is 118 cm³/mol. The summed E-state index contributed by atoms with van der Waals surface area (Å²) >= 11 is 0. The number of alkyl halides is 1. The smallest absolute Gasteiger partial charge is 0.130 e. The first-order chi connectivity index (χ1) is 13.3. The van der Waals surface area contributed by atoms with Gasteiger partial charge in [0.05, 0.1) is 0 Å². The van der Waals surface area contributed by atoms with E-state index in [0.717, 1.165) is 29.9 Å². The van der Waals surface area contributed by atoms with E-state index in [2.05, 4.69) is 66.1 Å². The van der Waals surface area contributed by atoms with Gasteiger partial charge in [-0.25, -0.2) is 4.39 Å². The molecule has 0 heterocycles. The molecule has 0 aromatic heterocycles. The molecule has 1 nitrogen and oxygen atoms in total. The van der Waals surface area contributed by atoms with Crippen molar-refractivity contribution in [1.29, 1.82) is 0 Å². The fourth-order valence-corrected chi connectivity index (χ4v) is 3.23. The molecule has 0 bridgehead atoms. The average molecular weight is 374 g/mol. The minimum absolute atomic E-state index is 0.675. The molecule has 3 aromatic carbocycles. The predicted octanol–water partition coefficient (Wildman–Crippen LogP) is 7.13. The molecular weight excluding hydrogens is 345 g/mol. The van der Waals surface area contributed by atoms with E-state index in [-0.39, 0.29) is 0 Å². The zero-order valence-electron chi connectivity index (χ0n) is 17.0. The Balaban J connectivity index is 2.05. The molecule has 0 aliphatic rings. The van der Waals surface area contributed by atoms with E-state index in [4.69, 9.17) is 0 Å². The van der Waals surface area contributed by atoms with Crippen LogP contribution >= 0.6 is 0 Å². The van der Waals surface area contributed by atoms with Crippen LogP contribution in [-0.4, -0.2) is 0 Å². The van der Waals surface area contributed by atoms with Gasteiger partial charge in [-0.3, -0.25) is 0 Å². The molecule has 0 fully saturated rings. The topological polar surface area (TPSA) is 3.24 Å². The molecule has 28 heavy (non-hydrogen) atoms. The van der Waals surface area contributed by atoms with Gasteiger partial charge < -0.3 is 4.90 Å². The molecule has 3 rings (SSSR count). The first kappa shape index (κ1) is 19.9. The van der Waals surface area contributed by atoms with Crippen LogP contribution in [0.1, 0.15) is 43.0 Å². The summed E-state index contributed by atoms with van der Waals surface area (Å²) in [4.78, 5) is 2.30. The molecule has 0 N–H and O–H groups in total. The quantitative estimate of drug-likeness (QED) is 0.426. The van der Waals surface area contributed by atoms with Gasteiger partial charge in [-0.15, -0.1) is 0 Å². The lowest BCUT2D eigenvalue weighted by Gasteiger charge is -2.28. The molecule has 0 aliphatic carbocycles. The largest absolute Gasteiger partial charge is 0.363 e. The van der Waals surface area contributed by atoms with E-state index in [1.54, 1.807) is 13.8 Å². The van der Waals surface area contributed by atoms with E-state index in [9.17, 15) is 4.39 Å². The van der Waals surface area contributed by atoms with Crippen LogP contribution in [0.5, 0.6) is 0 Å². The first-order valence-corrected chi connectivity index (χ1v) is 9.66. The first-order valence-electron chi connectivity index (χ1n) is 9.66. The van der Waals surface area contributed by atoms with E-state index in [1.165, 1.54) is 11.1 Å². The van der Waals surface area contributed by atoms with E-state index in [0.29, 0.717) is 5.56 Å². The van der Waals surface area contributed by atoms with Crippen molar-refractivity contribution >= 4 is 11.3 Å². The molecule has 144 valence electrons. The maximum absolute atomic E-state index is 14.8. The van der Waals surface area contributed by atoms with Crippen molar-refractivity contribution in [3.05, 3.63) is 108 Å². The van der Waals surface area contributed by atoms with Crippen molar-refractivity contribution < 1.29 is 4.39 Å². The third-order valence-electron chi connectivity index (χ3n) is 4.89. The standard InChI is InChI=1S/C26H28FN/c1-20(2)23-15-24(26(3,4)27)17-25(16-23)28(18-21-11-7-5-8-12-21)19-22-13-9-6-10-14-22/h5-17H,1,18-19H2,2-4H3. The Bertz CT molecular complexity index is 882. The normalized spacial score (nSPS) is 11.3. The number of benzene rings is 3. The van der Waals surface area contributed by atoms with Gasteiger partial charge in [0, 0.05) is 18.8 Å². The SMILES string of the molecule is C=C(C)c1cc(N(Cc2ccccc2)Cc2ccccc2)cc(C(C)(C)F)c1. The fraction of sp³-hybridized carbons (Fsp3) is 0.231. The van der Waals surface area contributed by atoms with Crippen LogP contribution in [-0.2, 0) is 18.8 Å². The lowest BCUT2D eigenvalue weighted by Crippen LogP contribution is -2.23. The Labute approximate surface area is 168 Å². The summed E-state index contributed by atoms with van der Waals surface area (Å²) in [5, 5.41) is 0. The average Bonchev–Trinajstić information content (AvgIpc) is 2.68. The van der Waals surface area contributed by atoms with E-state index < -0.39 is 5.67 Å². The van der Waals surface area contributed by atoms with Gasteiger partial charge in [0.25, 0.3) is 0 Å². The van der Waals surface area contributed by atoms with Gasteiger partial charge in [0.1, 0.15) is 5.67 Å². The number of rotatable bonds is 7. The zero-order chi connectivity index (χ0) is 20.1. The van der Waals surface area contributed by atoms with Crippen LogP contribution in [0.3, 0.4) is 0 Å². The summed E-state index contributed by atoms with van der Waals surface area (Å²) in [6.45, 7) is 10.8. The lowest BCUT2D eigenvalue weighted by molar-refractivity contribution is 0.221. The molecular formula is C26H28FN. The van der Waals surface area contributed by atoms with Crippen molar-refractivity contribution in [3.63, 3.8) is 0 Å². The highest BCUT2D eigenvalue weighted by molar-refractivity contribution is 5.68. The Morgan fingerprint density at radius 1 is 0.857 bits per heavy atom. The minimum atomic E-state index is -1.41. The van der Waals surface area contributed by atoms with Crippen LogP contribution in [0.2, 0.25) is 0 Å². The molecule has 0 atom stereocenters. The van der Waals surface area contributed by atoms with Crippen LogP contribution < -0.4 is 4.90 Å². The zero-order valence-corrected chi connectivity index (χ0v) is 17.0. The number of allylic oxidation sites excluding steroid dienone is 1. The molecule has 2 heteroatoms. The molecule has 0 saturated carbocycles. The van der Waals surface area contributed by atoms with Crippen LogP contribution in [0, 0.1) is 0 Å². The minimum Gasteiger partial charge on any atom is -0.363 e. The van der Waals surface area contributed by atoms with Crippen molar-refractivity contribution in [2.75, 3.05) is 4.90 Å². The fourth-order valence-electron chi connectivity index (χ4n) is 3.23. The summed E-state index contributed by atoms with van der Waals surface area (Å²) in [5.74, 6) is 0. The Morgan fingerprint density at radius 2 is 1.36 bits per heavy atom. The summed E-state index contributed by atoms with van der Waals surface area (Å²) in [7, 11) is 0.